The minimum atomic E-state index is -0.361. The molecule has 0 aliphatic rings. The van der Waals surface area contributed by atoms with E-state index in [1.54, 1.807) is 6.07 Å². The van der Waals surface area contributed by atoms with E-state index in [2.05, 4.69) is 20.9 Å². The molecule has 2 aromatic rings. The molecule has 0 spiro atoms. The standard InChI is InChI=1S/C10H6BrClFN/c1-5-2-9(12)14-10-7(5)3-6(11)4-8(10)13/h2-4H,1H3. The number of pyridine rings is 1. The molecule has 14 heavy (non-hydrogen) atoms. The Kier molecular flexibility index (Phi) is 2.45. The van der Waals surface area contributed by atoms with Gasteiger partial charge in [-0.3, -0.25) is 0 Å². The molecule has 0 aliphatic heterocycles. The second-order valence-corrected chi connectivity index (χ2v) is 4.35. The van der Waals surface area contributed by atoms with Crippen LogP contribution in [0.15, 0.2) is 22.7 Å². The van der Waals surface area contributed by atoms with Crippen LogP contribution >= 0.6 is 27.5 Å². The number of nitrogens with zero attached hydrogens (tertiary/aromatic N) is 1. The lowest BCUT2D eigenvalue weighted by Crippen LogP contribution is -1.88. The molecule has 0 fully saturated rings. The normalized spacial score (nSPS) is 10.9. The number of hydrogen-bond acceptors (Lipinski definition) is 1. The zero-order valence-corrected chi connectivity index (χ0v) is 9.66. The van der Waals surface area contributed by atoms with Gasteiger partial charge < -0.3 is 0 Å². The molecule has 0 radical (unpaired) electrons. The maximum Gasteiger partial charge on any atom is 0.150 e. The summed E-state index contributed by atoms with van der Waals surface area (Å²) in [5.41, 5.74) is 1.23. The highest BCUT2D eigenvalue weighted by molar-refractivity contribution is 9.10. The van der Waals surface area contributed by atoms with E-state index in [1.165, 1.54) is 6.07 Å². The first-order chi connectivity index (χ1) is 6.58. The van der Waals surface area contributed by atoms with Crippen LogP contribution in [0.25, 0.3) is 10.9 Å². The van der Waals surface area contributed by atoms with Crippen molar-refractivity contribution in [3.05, 3.63) is 39.2 Å². The average Bonchev–Trinajstić information content (AvgIpc) is 2.07. The fourth-order valence-electron chi connectivity index (χ4n) is 1.38. The van der Waals surface area contributed by atoms with Gasteiger partial charge in [0, 0.05) is 9.86 Å². The molecule has 0 bridgehead atoms. The quantitative estimate of drug-likeness (QED) is 0.659. The van der Waals surface area contributed by atoms with Crippen LogP contribution in [-0.4, -0.2) is 4.98 Å². The third-order valence-electron chi connectivity index (χ3n) is 2.01. The number of aromatic nitrogens is 1. The maximum absolute atomic E-state index is 13.5. The summed E-state index contributed by atoms with van der Waals surface area (Å²) >= 11 is 8.98. The molecule has 72 valence electrons. The van der Waals surface area contributed by atoms with Gasteiger partial charge in [0.1, 0.15) is 10.7 Å². The number of rotatable bonds is 0. The zero-order chi connectivity index (χ0) is 10.3. The topological polar surface area (TPSA) is 12.9 Å². The average molecular weight is 275 g/mol. The summed E-state index contributed by atoms with van der Waals surface area (Å²) in [5.74, 6) is -0.361. The molecule has 4 heteroatoms. The summed E-state index contributed by atoms with van der Waals surface area (Å²) in [5, 5.41) is 1.09. The highest BCUT2D eigenvalue weighted by Gasteiger charge is 2.07. The van der Waals surface area contributed by atoms with Gasteiger partial charge in [-0.25, -0.2) is 9.37 Å². The first kappa shape index (κ1) is 9.87. The number of aryl methyl sites for hydroxylation is 1. The molecule has 1 heterocycles. The van der Waals surface area contributed by atoms with Gasteiger partial charge in [0.2, 0.25) is 0 Å². The minimum Gasteiger partial charge on any atom is -0.233 e. The third kappa shape index (κ3) is 1.62. The fourth-order valence-corrected chi connectivity index (χ4v) is 2.05. The molecule has 2 rings (SSSR count). The molecular formula is C10H6BrClFN. The predicted molar refractivity (Wildman–Crippen MR) is 59.1 cm³/mol. The van der Waals surface area contributed by atoms with Crippen molar-refractivity contribution in [1.82, 2.24) is 4.98 Å². The van der Waals surface area contributed by atoms with Crippen LogP contribution in [-0.2, 0) is 0 Å². The second kappa shape index (κ2) is 3.48. The Morgan fingerprint density at radius 2 is 2.07 bits per heavy atom. The van der Waals surface area contributed by atoms with Crippen molar-refractivity contribution < 1.29 is 4.39 Å². The first-order valence-electron chi connectivity index (χ1n) is 4.00. The van der Waals surface area contributed by atoms with E-state index in [0.29, 0.717) is 15.1 Å². The van der Waals surface area contributed by atoms with Crippen LogP contribution in [0.2, 0.25) is 5.15 Å². The molecule has 0 saturated carbocycles. The molecule has 1 aromatic heterocycles. The van der Waals surface area contributed by atoms with Gasteiger partial charge in [-0.15, -0.1) is 0 Å². The van der Waals surface area contributed by atoms with Gasteiger partial charge in [0.05, 0.1) is 0 Å². The van der Waals surface area contributed by atoms with Crippen molar-refractivity contribution in [3.8, 4) is 0 Å². The Bertz CT molecular complexity index is 466. The summed E-state index contributed by atoms with van der Waals surface area (Å²) in [6, 6.07) is 4.93. The summed E-state index contributed by atoms with van der Waals surface area (Å²) in [6.45, 7) is 1.88. The monoisotopic (exact) mass is 273 g/mol. The molecule has 1 nitrogen and oxygen atoms in total. The Morgan fingerprint density at radius 1 is 1.36 bits per heavy atom. The Labute approximate surface area is 94.0 Å². The van der Waals surface area contributed by atoms with Gasteiger partial charge >= 0.3 is 0 Å². The van der Waals surface area contributed by atoms with E-state index in [1.807, 2.05) is 13.0 Å². The maximum atomic E-state index is 13.5. The Balaban J connectivity index is 2.94. The highest BCUT2D eigenvalue weighted by atomic mass is 79.9. The number of benzene rings is 1. The summed E-state index contributed by atoms with van der Waals surface area (Å²) in [6.07, 6.45) is 0. The lowest BCUT2D eigenvalue weighted by Gasteiger charge is -2.04. The van der Waals surface area contributed by atoms with Crippen LogP contribution in [0.4, 0.5) is 4.39 Å². The summed E-state index contributed by atoms with van der Waals surface area (Å²) in [7, 11) is 0. The molecular weight excluding hydrogens is 268 g/mol. The van der Waals surface area contributed by atoms with E-state index in [0.717, 1.165) is 10.9 Å². The van der Waals surface area contributed by atoms with Gasteiger partial charge in [0.15, 0.2) is 5.82 Å². The van der Waals surface area contributed by atoms with Crippen molar-refractivity contribution in [2.24, 2.45) is 0 Å². The molecule has 0 unspecified atom stereocenters. The van der Waals surface area contributed by atoms with Gasteiger partial charge in [-0.2, -0.15) is 0 Å². The van der Waals surface area contributed by atoms with Crippen LogP contribution in [0.3, 0.4) is 0 Å². The smallest absolute Gasteiger partial charge is 0.150 e. The van der Waals surface area contributed by atoms with E-state index in [4.69, 9.17) is 11.6 Å². The van der Waals surface area contributed by atoms with E-state index >= 15 is 0 Å². The van der Waals surface area contributed by atoms with Crippen molar-refractivity contribution in [3.63, 3.8) is 0 Å². The largest absolute Gasteiger partial charge is 0.233 e. The lowest BCUT2D eigenvalue weighted by molar-refractivity contribution is 0.636. The SMILES string of the molecule is Cc1cc(Cl)nc2c(F)cc(Br)cc12. The molecule has 0 atom stereocenters. The van der Waals surface area contributed by atoms with Gasteiger partial charge in [-0.1, -0.05) is 27.5 Å². The zero-order valence-electron chi connectivity index (χ0n) is 7.31. The van der Waals surface area contributed by atoms with Crippen LogP contribution in [0.5, 0.6) is 0 Å². The predicted octanol–water partition coefficient (Wildman–Crippen LogP) is 4.10. The fraction of sp³-hybridized carbons (Fsp3) is 0.100. The van der Waals surface area contributed by atoms with Gasteiger partial charge in [0.25, 0.3) is 0 Å². The van der Waals surface area contributed by atoms with Crippen LogP contribution in [0.1, 0.15) is 5.56 Å². The molecule has 0 saturated heterocycles. The van der Waals surface area contributed by atoms with Gasteiger partial charge in [-0.05, 0) is 30.7 Å². The molecule has 0 aliphatic carbocycles. The lowest BCUT2D eigenvalue weighted by atomic mass is 10.1. The first-order valence-corrected chi connectivity index (χ1v) is 5.17. The van der Waals surface area contributed by atoms with Crippen molar-refractivity contribution in [2.75, 3.05) is 0 Å². The van der Waals surface area contributed by atoms with Crippen LogP contribution < -0.4 is 0 Å². The Morgan fingerprint density at radius 3 is 2.79 bits per heavy atom. The minimum absolute atomic E-state index is 0.316. The third-order valence-corrected chi connectivity index (χ3v) is 2.66. The number of hydrogen-bond donors (Lipinski definition) is 0. The van der Waals surface area contributed by atoms with E-state index in [9.17, 15) is 4.39 Å². The van der Waals surface area contributed by atoms with E-state index < -0.39 is 0 Å². The summed E-state index contributed by atoms with van der Waals surface area (Å²) < 4.78 is 14.2. The second-order valence-electron chi connectivity index (χ2n) is 3.05. The van der Waals surface area contributed by atoms with Crippen molar-refractivity contribution in [1.29, 1.82) is 0 Å². The number of halogens is 3. The number of fused-ring (bicyclic) bond motifs is 1. The Hall–Kier alpha value is -0.670. The summed E-state index contributed by atoms with van der Waals surface area (Å²) in [4.78, 5) is 3.95. The van der Waals surface area contributed by atoms with Crippen LogP contribution in [0, 0.1) is 12.7 Å². The molecule has 0 N–H and O–H groups in total. The molecule has 0 amide bonds. The van der Waals surface area contributed by atoms with Crippen molar-refractivity contribution >= 4 is 38.4 Å². The van der Waals surface area contributed by atoms with E-state index in [-0.39, 0.29) is 5.82 Å². The van der Waals surface area contributed by atoms with Crippen molar-refractivity contribution in [2.45, 2.75) is 6.92 Å². The highest BCUT2D eigenvalue weighted by Crippen LogP contribution is 2.26. The molecule has 1 aromatic carbocycles.